The van der Waals surface area contributed by atoms with Gasteiger partial charge in [0.05, 0.1) is 0 Å². The third-order valence-electron chi connectivity index (χ3n) is 2.20. The first-order chi connectivity index (χ1) is 7.60. The maximum absolute atomic E-state index is 4.19. The molecule has 0 aliphatic rings. The van der Waals surface area contributed by atoms with Gasteiger partial charge in [-0.1, -0.05) is 0 Å². The van der Waals surface area contributed by atoms with E-state index in [9.17, 15) is 0 Å². The van der Waals surface area contributed by atoms with E-state index in [4.69, 9.17) is 0 Å². The van der Waals surface area contributed by atoms with Crippen LogP contribution >= 0.6 is 24.8 Å². The molecule has 0 bridgehead atoms. The van der Waals surface area contributed by atoms with E-state index in [2.05, 4.69) is 30.8 Å². The summed E-state index contributed by atoms with van der Waals surface area (Å²) in [6.07, 6.45) is 0. The van der Waals surface area contributed by atoms with E-state index in [0.717, 1.165) is 11.7 Å². The lowest BCUT2D eigenvalue weighted by Gasteiger charge is -2.11. The molecule has 6 nitrogen and oxygen atoms in total. The molecule has 0 heterocycles. The quantitative estimate of drug-likeness (QED) is 0.469. The standard InChI is InChI=1S/C10H22N6.2ClH/c1-7(9(11-3)12-4)15-16-8(2)10(13-5)14-6;;/h7-8H,1-6H3,(H,11,12)(H,13,14);2*1H. The number of nitrogens with zero attached hydrogens (tertiary/aromatic N) is 4. The number of aliphatic imine (C=N–C) groups is 2. The average molecular weight is 299 g/mol. The van der Waals surface area contributed by atoms with Gasteiger partial charge in [-0.2, -0.15) is 10.2 Å². The van der Waals surface area contributed by atoms with Crippen molar-refractivity contribution in [3.8, 4) is 0 Å². The van der Waals surface area contributed by atoms with Crippen LogP contribution in [0.2, 0.25) is 0 Å². The summed E-state index contributed by atoms with van der Waals surface area (Å²) in [5.74, 6) is 1.63. The number of rotatable bonds is 4. The summed E-state index contributed by atoms with van der Waals surface area (Å²) >= 11 is 0. The fourth-order valence-electron chi connectivity index (χ4n) is 1.32. The van der Waals surface area contributed by atoms with Gasteiger partial charge in [0.2, 0.25) is 0 Å². The highest BCUT2D eigenvalue weighted by Gasteiger charge is 2.09. The third-order valence-corrected chi connectivity index (χ3v) is 2.20. The lowest BCUT2D eigenvalue weighted by molar-refractivity contribution is 0.757. The Labute approximate surface area is 122 Å². The van der Waals surface area contributed by atoms with Gasteiger partial charge in [0.1, 0.15) is 23.8 Å². The first kappa shape index (κ1) is 22.3. The minimum atomic E-state index is -0.0626. The molecule has 108 valence electrons. The number of hydrogen-bond acceptors (Lipinski definition) is 4. The summed E-state index contributed by atoms with van der Waals surface area (Å²) in [7, 11) is 7.11. The summed E-state index contributed by atoms with van der Waals surface area (Å²) in [5, 5.41) is 14.4. The average Bonchev–Trinajstić information content (AvgIpc) is 2.29. The van der Waals surface area contributed by atoms with Crippen LogP contribution in [0.5, 0.6) is 0 Å². The maximum Gasteiger partial charge on any atom is 0.125 e. The smallest absolute Gasteiger partial charge is 0.125 e. The first-order valence-corrected chi connectivity index (χ1v) is 5.29. The Bertz CT molecular complexity index is 262. The topological polar surface area (TPSA) is 73.5 Å². The summed E-state index contributed by atoms with van der Waals surface area (Å²) in [6, 6.07) is -0.125. The maximum atomic E-state index is 4.19. The predicted octanol–water partition coefficient (Wildman–Crippen LogP) is 1.55. The molecule has 0 fully saturated rings. The lowest BCUT2D eigenvalue weighted by atomic mass is 10.3. The van der Waals surface area contributed by atoms with E-state index >= 15 is 0 Å². The number of hydrogen-bond donors (Lipinski definition) is 2. The van der Waals surface area contributed by atoms with E-state index in [1.54, 1.807) is 14.1 Å². The predicted molar refractivity (Wildman–Crippen MR) is 83.1 cm³/mol. The largest absolute Gasteiger partial charge is 0.375 e. The normalized spacial score (nSPS) is 15.4. The highest BCUT2D eigenvalue weighted by atomic mass is 35.5. The zero-order chi connectivity index (χ0) is 12.6. The second-order valence-corrected chi connectivity index (χ2v) is 3.30. The third kappa shape index (κ3) is 7.45. The van der Waals surface area contributed by atoms with E-state index in [-0.39, 0.29) is 36.9 Å². The second-order valence-electron chi connectivity index (χ2n) is 3.30. The minimum Gasteiger partial charge on any atom is -0.375 e. The van der Waals surface area contributed by atoms with Crippen molar-refractivity contribution in [1.29, 1.82) is 0 Å². The highest BCUT2D eigenvalue weighted by Crippen LogP contribution is 1.98. The summed E-state index contributed by atoms with van der Waals surface area (Å²) < 4.78 is 0. The van der Waals surface area contributed by atoms with Crippen LogP contribution in [0.3, 0.4) is 0 Å². The van der Waals surface area contributed by atoms with Gasteiger partial charge in [0, 0.05) is 28.2 Å². The Morgan fingerprint density at radius 1 is 0.778 bits per heavy atom. The van der Waals surface area contributed by atoms with Crippen LogP contribution in [0.4, 0.5) is 0 Å². The molecular formula is C10H24Cl2N6. The molecule has 8 heteroatoms. The van der Waals surface area contributed by atoms with Gasteiger partial charge in [-0.15, -0.1) is 24.8 Å². The molecule has 2 unspecified atom stereocenters. The number of nitrogens with one attached hydrogen (secondary N) is 2. The van der Waals surface area contributed by atoms with Crippen molar-refractivity contribution in [2.75, 3.05) is 28.2 Å². The van der Waals surface area contributed by atoms with E-state index in [1.807, 2.05) is 27.9 Å². The Morgan fingerprint density at radius 2 is 1.06 bits per heavy atom. The van der Waals surface area contributed by atoms with Crippen LogP contribution in [0.1, 0.15) is 13.8 Å². The number of amidine groups is 2. The molecule has 0 saturated carbocycles. The SMILES string of the molecule is CN=C(NC)C(C)N=NC(C)C(=NC)NC.Cl.Cl. The minimum absolute atomic E-state index is 0. The number of halogens is 2. The Hall–Kier alpha value is -0.880. The fourth-order valence-corrected chi connectivity index (χ4v) is 1.32. The fraction of sp³-hybridized carbons (Fsp3) is 0.800. The first-order valence-electron chi connectivity index (χ1n) is 5.29. The van der Waals surface area contributed by atoms with Gasteiger partial charge >= 0.3 is 0 Å². The molecule has 0 spiro atoms. The molecule has 2 atom stereocenters. The van der Waals surface area contributed by atoms with Crippen LogP contribution in [0, 0.1) is 0 Å². The number of likely N-dealkylation sites (N-methyl/N-ethyl adjacent to an activating group) is 2. The molecule has 0 aromatic carbocycles. The van der Waals surface area contributed by atoms with Gasteiger partial charge in [-0.3, -0.25) is 9.98 Å². The molecule has 2 N–H and O–H groups in total. The van der Waals surface area contributed by atoms with Crippen LogP contribution in [0.15, 0.2) is 20.2 Å². The van der Waals surface area contributed by atoms with Gasteiger partial charge in [0.25, 0.3) is 0 Å². The molecule has 0 saturated heterocycles. The monoisotopic (exact) mass is 298 g/mol. The molecule has 18 heavy (non-hydrogen) atoms. The van der Waals surface area contributed by atoms with Crippen LogP contribution in [-0.2, 0) is 0 Å². The molecule has 0 aliphatic carbocycles. The van der Waals surface area contributed by atoms with E-state index < -0.39 is 0 Å². The van der Waals surface area contributed by atoms with Gasteiger partial charge in [-0.25, -0.2) is 0 Å². The zero-order valence-corrected chi connectivity index (χ0v) is 13.4. The molecular weight excluding hydrogens is 275 g/mol. The number of azo groups is 1. The molecule has 0 aromatic heterocycles. The van der Waals surface area contributed by atoms with Crippen LogP contribution in [0.25, 0.3) is 0 Å². The van der Waals surface area contributed by atoms with E-state index in [0.29, 0.717) is 0 Å². The lowest BCUT2D eigenvalue weighted by Crippen LogP contribution is -2.30. The van der Waals surface area contributed by atoms with Crippen molar-refractivity contribution < 1.29 is 0 Å². The van der Waals surface area contributed by atoms with Crippen molar-refractivity contribution in [2.24, 2.45) is 20.2 Å². The van der Waals surface area contributed by atoms with Crippen molar-refractivity contribution in [1.82, 2.24) is 10.6 Å². The van der Waals surface area contributed by atoms with E-state index in [1.165, 1.54) is 0 Å². The Morgan fingerprint density at radius 3 is 1.22 bits per heavy atom. The zero-order valence-electron chi connectivity index (χ0n) is 11.8. The van der Waals surface area contributed by atoms with Crippen molar-refractivity contribution in [3.63, 3.8) is 0 Å². The van der Waals surface area contributed by atoms with Gasteiger partial charge in [0.15, 0.2) is 0 Å². The summed E-state index contributed by atoms with van der Waals surface area (Å²) in [4.78, 5) is 8.15. The molecule has 0 radical (unpaired) electrons. The Kier molecular flexibility index (Phi) is 15.6. The van der Waals surface area contributed by atoms with Crippen molar-refractivity contribution in [2.45, 2.75) is 25.9 Å². The van der Waals surface area contributed by atoms with Crippen LogP contribution < -0.4 is 10.6 Å². The molecule has 0 amide bonds. The second kappa shape index (κ2) is 12.6. The molecule has 0 rings (SSSR count). The Balaban J connectivity index is -0.00000112. The summed E-state index contributed by atoms with van der Waals surface area (Å²) in [5.41, 5.74) is 0. The highest BCUT2D eigenvalue weighted by molar-refractivity contribution is 5.87. The van der Waals surface area contributed by atoms with Crippen molar-refractivity contribution in [3.05, 3.63) is 0 Å². The molecule has 0 aromatic rings. The van der Waals surface area contributed by atoms with Gasteiger partial charge in [-0.05, 0) is 13.8 Å². The van der Waals surface area contributed by atoms with Crippen molar-refractivity contribution >= 4 is 36.5 Å². The van der Waals surface area contributed by atoms with Crippen LogP contribution in [-0.4, -0.2) is 51.9 Å². The summed E-state index contributed by atoms with van der Waals surface area (Å²) in [6.45, 7) is 3.88. The van der Waals surface area contributed by atoms with Gasteiger partial charge < -0.3 is 10.6 Å². The molecule has 0 aliphatic heterocycles.